The molecule has 2 atom stereocenters. The van der Waals surface area contributed by atoms with E-state index in [2.05, 4.69) is 13.8 Å². The molecule has 2 unspecified atom stereocenters. The van der Waals surface area contributed by atoms with Crippen LogP contribution in [0.3, 0.4) is 0 Å². The first kappa shape index (κ1) is 15.4. The highest BCUT2D eigenvalue weighted by atomic mass is 32.2. The second-order valence-electron chi connectivity index (χ2n) is 5.26. The maximum absolute atomic E-state index is 5.37. The van der Waals surface area contributed by atoms with Crippen LogP contribution in [-0.2, 0) is 4.74 Å². The predicted molar refractivity (Wildman–Crippen MR) is 78.6 cm³/mol. The van der Waals surface area contributed by atoms with Crippen molar-refractivity contribution in [3.8, 4) is 0 Å². The lowest BCUT2D eigenvalue weighted by atomic mass is 10.1. The summed E-state index contributed by atoms with van der Waals surface area (Å²) >= 11 is 2.01. The third-order valence-corrected chi connectivity index (χ3v) is 4.78. The molecule has 1 fully saturated rings. The van der Waals surface area contributed by atoms with Crippen LogP contribution in [0.4, 0.5) is 0 Å². The number of ether oxygens (including phenoxy) is 1. The van der Waals surface area contributed by atoms with Gasteiger partial charge in [-0.3, -0.25) is 0 Å². The minimum atomic E-state index is 0.531. The van der Waals surface area contributed by atoms with Gasteiger partial charge in [0.25, 0.3) is 0 Å². The van der Waals surface area contributed by atoms with E-state index in [1.807, 2.05) is 11.8 Å². The van der Waals surface area contributed by atoms with Crippen molar-refractivity contribution in [2.24, 2.45) is 0 Å². The molecule has 0 radical (unpaired) electrons. The molecule has 0 amide bonds. The predicted octanol–water partition coefficient (Wildman–Crippen LogP) is 5.39. The molecule has 2 heteroatoms. The van der Waals surface area contributed by atoms with Gasteiger partial charge in [0.1, 0.15) is 5.44 Å². The second-order valence-corrected chi connectivity index (χ2v) is 6.47. The van der Waals surface area contributed by atoms with Crippen LogP contribution in [0.1, 0.15) is 78.1 Å². The number of thioether (sulfide) groups is 1. The molecule has 102 valence electrons. The van der Waals surface area contributed by atoms with E-state index in [0.29, 0.717) is 11.5 Å². The summed E-state index contributed by atoms with van der Waals surface area (Å²) in [7, 11) is 0. The van der Waals surface area contributed by atoms with Crippen LogP contribution in [0.25, 0.3) is 0 Å². The van der Waals surface area contributed by atoms with Gasteiger partial charge >= 0.3 is 0 Å². The Labute approximate surface area is 112 Å². The summed E-state index contributed by atoms with van der Waals surface area (Å²) < 4.78 is 5.37. The van der Waals surface area contributed by atoms with Gasteiger partial charge in [-0.05, 0) is 19.1 Å². The molecule has 0 saturated carbocycles. The van der Waals surface area contributed by atoms with Crippen LogP contribution in [-0.4, -0.2) is 17.3 Å². The van der Waals surface area contributed by atoms with E-state index in [1.165, 1.54) is 70.0 Å². The minimum absolute atomic E-state index is 0.531. The van der Waals surface area contributed by atoms with Gasteiger partial charge in [-0.25, -0.2) is 0 Å². The van der Waals surface area contributed by atoms with Crippen molar-refractivity contribution in [1.29, 1.82) is 0 Å². The van der Waals surface area contributed by atoms with Gasteiger partial charge < -0.3 is 4.74 Å². The van der Waals surface area contributed by atoms with E-state index in [1.54, 1.807) is 0 Å². The Balaban J connectivity index is 1.64. The van der Waals surface area contributed by atoms with Crippen molar-refractivity contribution in [2.45, 2.75) is 89.6 Å². The van der Waals surface area contributed by atoms with Gasteiger partial charge in [0.05, 0.1) is 6.10 Å². The third kappa shape index (κ3) is 8.96. The maximum Gasteiger partial charge on any atom is 0.129 e. The normalized spacial score (nSPS) is 22.9. The van der Waals surface area contributed by atoms with Crippen molar-refractivity contribution in [3.05, 3.63) is 0 Å². The average Bonchev–Trinajstić information content (AvgIpc) is 3.02. The Hall–Kier alpha value is 0.310. The molecule has 0 aromatic rings. The first-order valence-corrected chi connectivity index (χ1v) is 8.66. The van der Waals surface area contributed by atoms with Gasteiger partial charge in [0.15, 0.2) is 0 Å². The number of epoxide rings is 1. The molecule has 1 saturated heterocycles. The average molecular weight is 258 g/mol. The smallest absolute Gasteiger partial charge is 0.129 e. The van der Waals surface area contributed by atoms with Crippen molar-refractivity contribution in [1.82, 2.24) is 0 Å². The number of hydrogen-bond acceptors (Lipinski definition) is 2. The third-order valence-electron chi connectivity index (χ3n) is 3.44. The van der Waals surface area contributed by atoms with Crippen molar-refractivity contribution in [2.75, 3.05) is 5.75 Å². The van der Waals surface area contributed by atoms with E-state index >= 15 is 0 Å². The first-order chi connectivity index (χ1) is 8.34. The van der Waals surface area contributed by atoms with Gasteiger partial charge in [-0.15, -0.1) is 11.8 Å². The lowest BCUT2D eigenvalue weighted by Crippen LogP contribution is -1.87. The minimum Gasteiger partial charge on any atom is -0.358 e. The highest BCUT2D eigenvalue weighted by molar-refractivity contribution is 8.00. The Morgan fingerprint density at radius 2 is 1.29 bits per heavy atom. The summed E-state index contributed by atoms with van der Waals surface area (Å²) in [5.74, 6) is 1.30. The Morgan fingerprint density at radius 3 is 1.76 bits per heavy atom. The summed E-state index contributed by atoms with van der Waals surface area (Å²) in [6.45, 7) is 4.45. The summed E-state index contributed by atoms with van der Waals surface area (Å²) in [4.78, 5) is 0. The van der Waals surface area contributed by atoms with Crippen LogP contribution >= 0.6 is 11.8 Å². The number of hydrogen-bond donors (Lipinski definition) is 0. The molecule has 1 heterocycles. The lowest BCUT2D eigenvalue weighted by molar-refractivity contribution is 0.413. The van der Waals surface area contributed by atoms with E-state index < -0.39 is 0 Å². The van der Waals surface area contributed by atoms with Crippen LogP contribution in [0.15, 0.2) is 0 Å². The largest absolute Gasteiger partial charge is 0.358 e. The zero-order valence-corrected chi connectivity index (χ0v) is 12.6. The number of unbranched alkanes of at least 4 members (excludes halogenated alkanes) is 9. The van der Waals surface area contributed by atoms with Gasteiger partial charge in [-0.2, -0.15) is 0 Å². The van der Waals surface area contributed by atoms with Gasteiger partial charge in [-0.1, -0.05) is 64.7 Å². The summed E-state index contributed by atoms with van der Waals surface area (Å²) in [6.07, 6.45) is 14.8. The SMILES string of the molecule is CCCCCCCCCCCCSC1OC1C. The highest BCUT2D eigenvalue weighted by Crippen LogP contribution is 2.32. The lowest BCUT2D eigenvalue weighted by Gasteiger charge is -2.01. The summed E-state index contributed by atoms with van der Waals surface area (Å²) in [6, 6.07) is 0. The zero-order valence-electron chi connectivity index (χ0n) is 11.7. The Kier molecular flexibility index (Phi) is 9.27. The Morgan fingerprint density at radius 1 is 0.824 bits per heavy atom. The Bertz CT molecular complexity index is 172. The summed E-state index contributed by atoms with van der Waals surface area (Å²) in [5.41, 5.74) is 0.536. The maximum atomic E-state index is 5.37. The van der Waals surface area contributed by atoms with Crippen molar-refractivity contribution in [3.63, 3.8) is 0 Å². The fourth-order valence-corrected chi connectivity index (χ4v) is 3.26. The molecule has 0 aliphatic carbocycles. The van der Waals surface area contributed by atoms with E-state index in [-0.39, 0.29) is 0 Å². The molecule has 0 N–H and O–H groups in total. The molecule has 0 aromatic carbocycles. The topological polar surface area (TPSA) is 12.5 Å². The highest BCUT2D eigenvalue weighted by Gasteiger charge is 2.33. The molecular weight excluding hydrogens is 228 g/mol. The van der Waals surface area contributed by atoms with Crippen molar-refractivity contribution >= 4 is 11.8 Å². The molecule has 0 bridgehead atoms. The van der Waals surface area contributed by atoms with E-state index in [0.717, 1.165) is 0 Å². The molecule has 1 aliphatic heterocycles. The molecule has 0 spiro atoms. The molecular formula is C15H30OS. The van der Waals surface area contributed by atoms with Gasteiger partial charge in [0, 0.05) is 0 Å². The van der Waals surface area contributed by atoms with Crippen LogP contribution in [0, 0.1) is 0 Å². The fourth-order valence-electron chi connectivity index (χ4n) is 2.13. The van der Waals surface area contributed by atoms with Crippen LogP contribution < -0.4 is 0 Å². The molecule has 0 aromatic heterocycles. The van der Waals surface area contributed by atoms with Crippen LogP contribution in [0.2, 0.25) is 0 Å². The number of rotatable bonds is 12. The first-order valence-electron chi connectivity index (χ1n) is 7.61. The van der Waals surface area contributed by atoms with Gasteiger partial charge in [0.2, 0.25) is 0 Å². The monoisotopic (exact) mass is 258 g/mol. The second kappa shape index (κ2) is 10.3. The standard InChI is InChI=1S/C15H30OS/c1-3-4-5-6-7-8-9-10-11-12-13-17-15-14(2)16-15/h14-15H,3-13H2,1-2H3. The molecule has 1 nitrogen and oxygen atoms in total. The van der Waals surface area contributed by atoms with Crippen LogP contribution in [0.5, 0.6) is 0 Å². The zero-order chi connectivity index (χ0) is 12.3. The summed E-state index contributed by atoms with van der Waals surface area (Å²) in [5, 5.41) is 0. The van der Waals surface area contributed by atoms with E-state index in [9.17, 15) is 0 Å². The molecule has 17 heavy (non-hydrogen) atoms. The fraction of sp³-hybridized carbons (Fsp3) is 1.00. The van der Waals surface area contributed by atoms with Crippen molar-refractivity contribution < 1.29 is 4.74 Å². The van der Waals surface area contributed by atoms with E-state index in [4.69, 9.17) is 4.74 Å². The molecule has 1 rings (SSSR count). The molecule has 1 aliphatic rings. The quantitative estimate of drug-likeness (QED) is 0.344.